The molecular weight excluding hydrogens is 596 g/mol. The summed E-state index contributed by atoms with van der Waals surface area (Å²) in [6.07, 6.45) is 50.0. The van der Waals surface area contributed by atoms with Crippen LogP contribution in [-0.4, -0.2) is 36.4 Å². The van der Waals surface area contributed by atoms with E-state index < -0.39 is 6.10 Å². The predicted molar refractivity (Wildman–Crippen MR) is 205 cm³/mol. The van der Waals surface area contributed by atoms with Crippen LogP contribution in [0.15, 0.2) is 60.8 Å². The molecule has 0 bridgehead atoms. The summed E-state index contributed by atoms with van der Waals surface area (Å²) in [6.45, 7) is 3.97. The van der Waals surface area contributed by atoms with Crippen LogP contribution < -0.4 is 0 Å². The molecule has 0 aromatic heterocycles. The van der Waals surface area contributed by atoms with Gasteiger partial charge in [0, 0.05) is 12.8 Å². The van der Waals surface area contributed by atoms with E-state index in [2.05, 4.69) is 74.6 Å². The van der Waals surface area contributed by atoms with Gasteiger partial charge in [0.15, 0.2) is 6.10 Å². The lowest BCUT2D eigenvalue weighted by Crippen LogP contribution is -2.28. The number of aliphatic hydroxyl groups is 1. The van der Waals surface area contributed by atoms with Gasteiger partial charge in [-0.2, -0.15) is 0 Å². The smallest absolute Gasteiger partial charge is 0.306 e. The number of carbonyl (C=O) groups is 2. The van der Waals surface area contributed by atoms with E-state index in [1.165, 1.54) is 89.9 Å². The van der Waals surface area contributed by atoms with E-state index in [-0.39, 0.29) is 25.2 Å². The molecule has 48 heavy (non-hydrogen) atoms. The normalized spacial score (nSPS) is 12.8. The fourth-order valence-electron chi connectivity index (χ4n) is 5.35. The Morgan fingerprint density at radius 1 is 0.500 bits per heavy atom. The number of ether oxygens (including phenoxy) is 2. The van der Waals surface area contributed by atoms with Gasteiger partial charge in [-0.05, 0) is 51.4 Å². The standard InChI is InChI=1S/C43H74O5/c1-3-5-7-9-11-13-15-17-19-21-23-25-27-29-31-33-35-37-42(45)47-40-41(39-44)48-43(46)38-36-34-32-30-28-26-24-22-20-18-16-14-12-10-8-6-4-2/h5,7,11,13,17,19,23,25,29,31,41,44H,3-4,6,8-10,12,14-16,18,20-22,24,26-28,30,32-40H2,1-2H3/t41-/m0/s1. The molecule has 0 fully saturated rings. The summed E-state index contributed by atoms with van der Waals surface area (Å²) in [4.78, 5) is 24.2. The first-order valence-corrected chi connectivity index (χ1v) is 19.8. The highest BCUT2D eigenvalue weighted by atomic mass is 16.6. The molecule has 0 spiro atoms. The molecule has 0 aliphatic rings. The molecule has 0 rings (SSSR count). The van der Waals surface area contributed by atoms with Gasteiger partial charge in [-0.15, -0.1) is 0 Å². The Labute approximate surface area is 296 Å². The van der Waals surface area contributed by atoms with Gasteiger partial charge in [-0.25, -0.2) is 0 Å². The molecule has 0 radical (unpaired) electrons. The molecule has 1 N–H and O–H groups in total. The minimum Gasteiger partial charge on any atom is -0.462 e. The van der Waals surface area contributed by atoms with E-state index >= 15 is 0 Å². The average Bonchev–Trinajstić information content (AvgIpc) is 3.09. The van der Waals surface area contributed by atoms with Gasteiger partial charge >= 0.3 is 11.9 Å². The second kappa shape index (κ2) is 39.0. The van der Waals surface area contributed by atoms with Crippen molar-refractivity contribution in [2.24, 2.45) is 0 Å². The second-order valence-electron chi connectivity index (χ2n) is 13.0. The molecule has 0 aromatic rings. The van der Waals surface area contributed by atoms with Gasteiger partial charge < -0.3 is 14.6 Å². The number of hydrogen-bond donors (Lipinski definition) is 1. The molecule has 276 valence electrons. The van der Waals surface area contributed by atoms with Crippen molar-refractivity contribution < 1.29 is 24.2 Å². The topological polar surface area (TPSA) is 72.8 Å². The third-order valence-electron chi connectivity index (χ3n) is 8.33. The quantitative estimate of drug-likeness (QED) is 0.0413. The van der Waals surface area contributed by atoms with Crippen molar-refractivity contribution in [3.63, 3.8) is 0 Å². The summed E-state index contributed by atoms with van der Waals surface area (Å²) < 4.78 is 10.6. The Bertz CT molecular complexity index is 853. The maximum absolute atomic E-state index is 12.2. The fraction of sp³-hybridized carbons (Fsp3) is 0.721. The van der Waals surface area contributed by atoms with Gasteiger partial charge in [0.1, 0.15) is 6.61 Å². The zero-order valence-corrected chi connectivity index (χ0v) is 31.2. The molecule has 0 saturated carbocycles. The third kappa shape index (κ3) is 36.4. The molecule has 0 aliphatic carbocycles. The van der Waals surface area contributed by atoms with Crippen LogP contribution in [0, 0.1) is 0 Å². The van der Waals surface area contributed by atoms with E-state index in [0.717, 1.165) is 57.8 Å². The van der Waals surface area contributed by atoms with E-state index in [9.17, 15) is 14.7 Å². The number of allylic oxidation sites excluding steroid dienone is 10. The van der Waals surface area contributed by atoms with Crippen LogP contribution in [-0.2, 0) is 19.1 Å². The van der Waals surface area contributed by atoms with Gasteiger partial charge in [-0.1, -0.05) is 177 Å². The van der Waals surface area contributed by atoms with E-state index in [1.54, 1.807) is 0 Å². The first-order chi connectivity index (χ1) is 23.6. The SMILES string of the molecule is CCC=CCC=CCC=CCC=CCC=CCCCC(=O)OC[C@H](CO)OC(=O)CCCCCCCCCCCCCCCCCCC. The van der Waals surface area contributed by atoms with E-state index in [1.807, 2.05) is 0 Å². The Hall–Kier alpha value is -2.40. The highest BCUT2D eigenvalue weighted by Gasteiger charge is 2.16. The number of aliphatic hydroxyl groups excluding tert-OH is 1. The first kappa shape index (κ1) is 45.6. The molecule has 0 heterocycles. The number of hydrogen-bond acceptors (Lipinski definition) is 5. The Morgan fingerprint density at radius 2 is 0.896 bits per heavy atom. The van der Waals surface area contributed by atoms with Crippen molar-refractivity contribution in [1.29, 1.82) is 0 Å². The molecule has 5 nitrogen and oxygen atoms in total. The van der Waals surface area contributed by atoms with Crippen molar-refractivity contribution in [3.05, 3.63) is 60.8 Å². The van der Waals surface area contributed by atoms with Crippen molar-refractivity contribution >= 4 is 11.9 Å². The van der Waals surface area contributed by atoms with Crippen LogP contribution in [0.25, 0.3) is 0 Å². The summed E-state index contributed by atoms with van der Waals surface area (Å²) in [6, 6.07) is 0. The Kier molecular flexibility index (Phi) is 37.1. The lowest BCUT2D eigenvalue weighted by Gasteiger charge is -2.15. The largest absolute Gasteiger partial charge is 0.462 e. The van der Waals surface area contributed by atoms with Crippen LogP contribution in [0.3, 0.4) is 0 Å². The molecule has 0 saturated heterocycles. The third-order valence-corrected chi connectivity index (χ3v) is 8.33. The van der Waals surface area contributed by atoms with Crippen molar-refractivity contribution in [3.8, 4) is 0 Å². The number of unbranched alkanes of at least 4 members (excludes halogenated alkanes) is 17. The molecule has 0 aliphatic heterocycles. The van der Waals surface area contributed by atoms with Crippen LogP contribution >= 0.6 is 0 Å². The van der Waals surface area contributed by atoms with E-state index in [0.29, 0.717) is 19.3 Å². The maximum atomic E-state index is 12.2. The minimum atomic E-state index is -0.793. The summed E-state index contributed by atoms with van der Waals surface area (Å²) in [5.41, 5.74) is 0. The molecule has 5 heteroatoms. The van der Waals surface area contributed by atoms with Crippen LogP contribution in [0.4, 0.5) is 0 Å². The van der Waals surface area contributed by atoms with Crippen molar-refractivity contribution in [1.82, 2.24) is 0 Å². The highest BCUT2D eigenvalue weighted by molar-refractivity contribution is 5.70. The predicted octanol–water partition coefficient (Wildman–Crippen LogP) is 12.4. The fourth-order valence-corrected chi connectivity index (χ4v) is 5.35. The second-order valence-corrected chi connectivity index (χ2v) is 13.0. The monoisotopic (exact) mass is 671 g/mol. The van der Waals surface area contributed by atoms with Crippen LogP contribution in [0.2, 0.25) is 0 Å². The number of rotatable bonds is 35. The minimum absolute atomic E-state index is 0.0954. The van der Waals surface area contributed by atoms with Crippen molar-refractivity contribution in [2.75, 3.05) is 13.2 Å². The average molecular weight is 671 g/mol. The number of esters is 2. The zero-order chi connectivity index (χ0) is 35.0. The van der Waals surface area contributed by atoms with Crippen molar-refractivity contribution in [2.45, 2.75) is 187 Å². The maximum Gasteiger partial charge on any atom is 0.306 e. The summed E-state index contributed by atoms with van der Waals surface area (Å²) >= 11 is 0. The van der Waals surface area contributed by atoms with E-state index in [4.69, 9.17) is 9.47 Å². The number of carbonyl (C=O) groups excluding carboxylic acids is 2. The molecule has 0 aromatic carbocycles. The molecule has 0 unspecified atom stereocenters. The highest BCUT2D eigenvalue weighted by Crippen LogP contribution is 2.14. The van der Waals surface area contributed by atoms with Gasteiger partial charge in [0.25, 0.3) is 0 Å². The molecule has 0 amide bonds. The summed E-state index contributed by atoms with van der Waals surface area (Å²) in [7, 11) is 0. The lowest BCUT2D eigenvalue weighted by atomic mass is 10.0. The first-order valence-electron chi connectivity index (χ1n) is 19.8. The Balaban J connectivity index is 3.64. The van der Waals surface area contributed by atoms with Crippen LogP contribution in [0.5, 0.6) is 0 Å². The zero-order valence-electron chi connectivity index (χ0n) is 31.2. The van der Waals surface area contributed by atoms with Gasteiger partial charge in [-0.3, -0.25) is 9.59 Å². The van der Waals surface area contributed by atoms with Gasteiger partial charge in [0.05, 0.1) is 6.61 Å². The summed E-state index contributed by atoms with van der Waals surface area (Å²) in [5, 5.41) is 9.55. The van der Waals surface area contributed by atoms with Crippen LogP contribution in [0.1, 0.15) is 181 Å². The van der Waals surface area contributed by atoms with Gasteiger partial charge in [0.2, 0.25) is 0 Å². The molecular formula is C43H74O5. The lowest BCUT2D eigenvalue weighted by molar-refractivity contribution is -0.161. The Morgan fingerprint density at radius 3 is 1.33 bits per heavy atom. The molecule has 1 atom stereocenters. The summed E-state index contributed by atoms with van der Waals surface area (Å²) in [5.74, 6) is -0.658.